The average molecular weight is 482 g/mol. The smallest absolute Gasteiger partial charge is 0.167 e. The number of halogens is 2. The molecule has 1 saturated heterocycles. The van der Waals surface area contributed by atoms with Gasteiger partial charge in [0.1, 0.15) is 29.2 Å². The first-order valence-corrected chi connectivity index (χ1v) is 11.3. The molecule has 4 heterocycles. The van der Waals surface area contributed by atoms with Gasteiger partial charge in [-0.05, 0) is 18.2 Å². The number of nitrogens with two attached hydrogens (primary N) is 1. The zero-order chi connectivity index (χ0) is 24.5. The number of aliphatic hydroxyl groups excluding tert-OH is 1. The molecule has 1 unspecified atom stereocenters. The molecule has 0 amide bonds. The molecule has 5 rings (SSSR count). The van der Waals surface area contributed by atoms with Gasteiger partial charge in [0.25, 0.3) is 0 Å². The predicted molar refractivity (Wildman–Crippen MR) is 126 cm³/mol. The third-order valence-electron chi connectivity index (χ3n) is 6.03. The molecule has 0 saturated carbocycles. The van der Waals surface area contributed by atoms with Gasteiger partial charge < -0.3 is 20.5 Å². The molecule has 0 bridgehead atoms. The molecule has 11 heteroatoms. The molecule has 182 valence electrons. The second kappa shape index (κ2) is 9.51. The third-order valence-corrected chi connectivity index (χ3v) is 6.03. The van der Waals surface area contributed by atoms with Crippen LogP contribution < -0.4 is 15.4 Å². The lowest BCUT2D eigenvalue weighted by atomic mass is 10.1. The van der Waals surface area contributed by atoms with Gasteiger partial charge in [-0.25, -0.2) is 18.7 Å². The second-order valence-electron chi connectivity index (χ2n) is 8.53. The Balaban J connectivity index is 1.43. The molecule has 1 atom stereocenters. The minimum Gasteiger partial charge on any atom is -0.487 e. The van der Waals surface area contributed by atoms with E-state index in [0.29, 0.717) is 54.2 Å². The Morgan fingerprint density at radius 3 is 2.63 bits per heavy atom. The number of fused-ring (bicyclic) bond motifs is 1. The van der Waals surface area contributed by atoms with Crippen molar-refractivity contribution in [1.82, 2.24) is 24.7 Å². The number of piperidine rings is 1. The first-order chi connectivity index (χ1) is 16.9. The number of anilines is 1. The second-order valence-corrected chi connectivity index (χ2v) is 8.53. The van der Waals surface area contributed by atoms with Crippen molar-refractivity contribution >= 4 is 16.9 Å². The van der Waals surface area contributed by atoms with Crippen molar-refractivity contribution < 1.29 is 18.6 Å². The van der Waals surface area contributed by atoms with E-state index in [1.165, 1.54) is 12.1 Å². The first-order valence-electron chi connectivity index (χ1n) is 11.3. The van der Waals surface area contributed by atoms with E-state index in [1.54, 1.807) is 23.1 Å². The van der Waals surface area contributed by atoms with E-state index in [0.717, 1.165) is 11.6 Å². The highest BCUT2D eigenvalue weighted by Gasteiger charge is 2.26. The Hall–Kier alpha value is -3.70. The molecular weight excluding hydrogens is 456 g/mol. The van der Waals surface area contributed by atoms with Crippen molar-refractivity contribution in [2.45, 2.75) is 25.0 Å². The molecule has 3 N–H and O–H groups in total. The molecule has 0 spiro atoms. The van der Waals surface area contributed by atoms with Crippen molar-refractivity contribution in [1.29, 1.82) is 0 Å². The van der Waals surface area contributed by atoms with Crippen molar-refractivity contribution in [3.63, 3.8) is 0 Å². The highest BCUT2D eigenvalue weighted by atomic mass is 19.1. The molecule has 1 aliphatic heterocycles. The Morgan fingerprint density at radius 2 is 1.94 bits per heavy atom. The van der Waals surface area contributed by atoms with Crippen LogP contribution in [0.4, 0.5) is 14.6 Å². The largest absolute Gasteiger partial charge is 0.487 e. The summed E-state index contributed by atoms with van der Waals surface area (Å²) in [6.45, 7) is 1.25. The summed E-state index contributed by atoms with van der Waals surface area (Å²) in [5.41, 5.74) is 8.69. The van der Waals surface area contributed by atoms with Crippen LogP contribution in [0.25, 0.3) is 22.3 Å². The number of pyridine rings is 1. The first kappa shape index (κ1) is 23.1. The van der Waals surface area contributed by atoms with E-state index in [9.17, 15) is 13.9 Å². The average Bonchev–Trinajstić information content (AvgIpc) is 3.30. The van der Waals surface area contributed by atoms with Crippen LogP contribution >= 0.6 is 0 Å². The maximum atomic E-state index is 14.0. The fraction of sp³-hybridized carbons (Fsp3) is 0.333. The highest BCUT2D eigenvalue weighted by molar-refractivity contribution is 5.83. The van der Waals surface area contributed by atoms with E-state index in [1.807, 2.05) is 13.2 Å². The monoisotopic (exact) mass is 481 g/mol. The normalized spacial score (nSPS) is 15.5. The molecular formula is C24H25F2N7O2. The molecule has 1 aliphatic rings. The van der Waals surface area contributed by atoms with Gasteiger partial charge in [0.05, 0.1) is 23.6 Å². The number of hydrogen-bond acceptors (Lipinski definition) is 8. The zero-order valence-electron chi connectivity index (χ0n) is 19.1. The van der Waals surface area contributed by atoms with Gasteiger partial charge in [0.2, 0.25) is 0 Å². The Kier molecular flexibility index (Phi) is 6.27. The van der Waals surface area contributed by atoms with E-state index < -0.39 is 17.7 Å². The van der Waals surface area contributed by atoms with E-state index in [2.05, 4.69) is 15.0 Å². The SMILES string of the molecule is Cn1cc(-c2nc3cnc(C(O)CN)cc3nc2N2CCC(Oc3ccc(F)cc3F)CC2)cn1. The fourth-order valence-electron chi connectivity index (χ4n) is 4.16. The molecule has 3 aromatic heterocycles. The van der Waals surface area contributed by atoms with Crippen LogP contribution in [-0.4, -0.2) is 55.6 Å². The summed E-state index contributed by atoms with van der Waals surface area (Å²) in [7, 11) is 1.83. The quantitative estimate of drug-likeness (QED) is 0.432. The number of aromatic nitrogens is 5. The van der Waals surface area contributed by atoms with Gasteiger partial charge in [-0.1, -0.05) is 0 Å². The van der Waals surface area contributed by atoms with Crippen molar-refractivity contribution in [3.05, 3.63) is 60.2 Å². The molecule has 9 nitrogen and oxygen atoms in total. The predicted octanol–water partition coefficient (Wildman–Crippen LogP) is 2.74. The number of nitrogens with zero attached hydrogens (tertiary/aromatic N) is 6. The summed E-state index contributed by atoms with van der Waals surface area (Å²) >= 11 is 0. The van der Waals surface area contributed by atoms with E-state index in [-0.39, 0.29) is 18.4 Å². The maximum Gasteiger partial charge on any atom is 0.167 e. The van der Waals surface area contributed by atoms with Gasteiger partial charge in [0, 0.05) is 57.4 Å². The molecule has 0 aliphatic carbocycles. The lowest BCUT2D eigenvalue weighted by molar-refractivity contribution is 0.163. The van der Waals surface area contributed by atoms with Gasteiger partial charge in [-0.3, -0.25) is 9.67 Å². The summed E-state index contributed by atoms with van der Waals surface area (Å²) in [5.74, 6) is -0.628. The summed E-state index contributed by atoms with van der Waals surface area (Å²) in [5, 5.41) is 14.4. The Labute approximate surface area is 200 Å². The zero-order valence-corrected chi connectivity index (χ0v) is 19.1. The number of hydrogen-bond donors (Lipinski definition) is 2. The Bertz CT molecular complexity index is 1360. The summed E-state index contributed by atoms with van der Waals surface area (Å²) < 4.78 is 34.7. The minimum absolute atomic E-state index is 0.0462. The van der Waals surface area contributed by atoms with E-state index >= 15 is 0 Å². The van der Waals surface area contributed by atoms with Crippen molar-refractivity contribution in [2.75, 3.05) is 24.5 Å². The molecule has 35 heavy (non-hydrogen) atoms. The van der Waals surface area contributed by atoms with Crippen molar-refractivity contribution in [2.24, 2.45) is 12.8 Å². The summed E-state index contributed by atoms with van der Waals surface area (Å²) in [4.78, 5) is 16.1. The molecule has 0 radical (unpaired) electrons. The van der Waals surface area contributed by atoms with Crippen LogP contribution in [0.3, 0.4) is 0 Å². The fourth-order valence-corrected chi connectivity index (χ4v) is 4.16. The van der Waals surface area contributed by atoms with Crippen LogP contribution in [-0.2, 0) is 7.05 Å². The van der Waals surface area contributed by atoms with Gasteiger partial charge in [-0.15, -0.1) is 0 Å². The van der Waals surface area contributed by atoms with Crippen LogP contribution in [0.2, 0.25) is 0 Å². The van der Waals surface area contributed by atoms with Crippen LogP contribution in [0.5, 0.6) is 5.75 Å². The number of rotatable bonds is 6. The lowest BCUT2D eigenvalue weighted by Crippen LogP contribution is -2.39. The Morgan fingerprint density at radius 1 is 1.14 bits per heavy atom. The molecule has 1 fully saturated rings. The third kappa shape index (κ3) is 4.77. The standard InChI is InChI=1S/C24H25F2N7O2/c1-32-13-14(11-29-32)23-24(31-18-9-19(21(34)10-27)28-12-20(18)30-23)33-6-4-16(5-7-33)35-22-3-2-15(25)8-17(22)26/h2-3,8-9,11-13,16,21,34H,4-7,10,27H2,1H3. The molecule has 4 aromatic rings. The highest BCUT2D eigenvalue weighted by Crippen LogP contribution is 2.32. The van der Waals surface area contributed by atoms with Gasteiger partial charge >= 0.3 is 0 Å². The topological polar surface area (TPSA) is 115 Å². The summed E-state index contributed by atoms with van der Waals surface area (Å²) in [6.07, 6.45) is 5.32. The van der Waals surface area contributed by atoms with E-state index in [4.69, 9.17) is 20.4 Å². The number of aryl methyl sites for hydroxylation is 1. The van der Waals surface area contributed by atoms with Gasteiger partial charge in [0.15, 0.2) is 17.4 Å². The number of ether oxygens (including phenoxy) is 1. The van der Waals surface area contributed by atoms with Crippen LogP contribution in [0.1, 0.15) is 24.6 Å². The van der Waals surface area contributed by atoms with Crippen LogP contribution in [0, 0.1) is 11.6 Å². The minimum atomic E-state index is -0.887. The number of benzene rings is 1. The van der Waals surface area contributed by atoms with Crippen molar-refractivity contribution in [3.8, 4) is 17.0 Å². The summed E-state index contributed by atoms with van der Waals surface area (Å²) in [6, 6.07) is 5.01. The van der Waals surface area contributed by atoms with Crippen LogP contribution in [0.15, 0.2) is 42.9 Å². The number of aliphatic hydroxyl groups is 1. The molecule has 1 aromatic carbocycles. The van der Waals surface area contributed by atoms with Gasteiger partial charge in [-0.2, -0.15) is 5.10 Å². The maximum absolute atomic E-state index is 14.0. The lowest BCUT2D eigenvalue weighted by Gasteiger charge is -2.33.